The van der Waals surface area contributed by atoms with Crippen LogP contribution in [0.25, 0.3) is 10.8 Å². The van der Waals surface area contributed by atoms with Gasteiger partial charge in [0, 0.05) is 18.5 Å². The van der Waals surface area contributed by atoms with Crippen molar-refractivity contribution in [2.45, 2.75) is 6.54 Å². The van der Waals surface area contributed by atoms with Crippen molar-refractivity contribution in [2.24, 2.45) is 0 Å². The number of para-hydroxylation sites is 1. The molecule has 0 aliphatic rings. The summed E-state index contributed by atoms with van der Waals surface area (Å²) in [5.74, 6) is 1.73. The van der Waals surface area contributed by atoms with Gasteiger partial charge in [0.15, 0.2) is 10.8 Å². The number of benzene rings is 1. The van der Waals surface area contributed by atoms with Crippen LogP contribution in [0.1, 0.15) is 5.69 Å². The van der Waals surface area contributed by atoms with Crippen molar-refractivity contribution < 1.29 is 9.15 Å². The van der Waals surface area contributed by atoms with E-state index in [1.165, 1.54) is 0 Å². The molecule has 0 N–H and O–H groups in total. The molecule has 0 saturated heterocycles. The van der Waals surface area contributed by atoms with Crippen molar-refractivity contribution >= 4 is 11.3 Å². The molecule has 4 nitrogen and oxygen atoms in total. The van der Waals surface area contributed by atoms with Crippen LogP contribution in [-0.4, -0.2) is 30.1 Å². The van der Waals surface area contributed by atoms with E-state index >= 15 is 0 Å². The second-order valence-corrected chi connectivity index (χ2v) is 5.88. The van der Waals surface area contributed by atoms with Gasteiger partial charge in [-0.3, -0.25) is 4.90 Å². The van der Waals surface area contributed by atoms with Gasteiger partial charge in [-0.15, -0.1) is 11.3 Å². The Morgan fingerprint density at radius 1 is 1.18 bits per heavy atom. The van der Waals surface area contributed by atoms with Gasteiger partial charge in [0.2, 0.25) is 0 Å². The number of thiazole rings is 1. The van der Waals surface area contributed by atoms with Crippen LogP contribution in [0.2, 0.25) is 0 Å². The molecule has 1 aromatic carbocycles. The third-order valence-corrected chi connectivity index (χ3v) is 4.11. The topological polar surface area (TPSA) is 38.5 Å². The van der Waals surface area contributed by atoms with Gasteiger partial charge in [-0.1, -0.05) is 18.2 Å². The van der Waals surface area contributed by atoms with Crippen LogP contribution in [0.5, 0.6) is 5.75 Å². The highest BCUT2D eigenvalue weighted by Crippen LogP contribution is 2.24. The van der Waals surface area contributed by atoms with Crippen molar-refractivity contribution in [2.75, 3.05) is 20.2 Å². The summed E-state index contributed by atoms with van der Waals surface area (Å²) in [6.45, 7) is 2.31. The molecule has 0 radical (unpaired) electrons. The first-order chi connectivity index (χ1) is 10.8. The predicted octanol–water partition coefficient (Wildman–Crippen LogP) is 3.91. The molecule has 0 aliphatic heterocycles. The smallest absolute Gasteiger partial charge is 0.162 e. The quantitative estimate of drug-likeness (QED) is 0.662. The molecule has 0 amide bonds. The van der Waals surface area contributed by atoms with E-state index in [2.05, 4.69) is 22.3 Å². The first-order valence-corrected chi connectivity index (χ1v) is 8.04. The lowest BCUT2D eigenvalue weighted by Crippen LogP contribution is -2.24. The lowest BCUT2D eigenvalue weighted by Gasteiger charge is -2.15. The fourth-order valence-corrected chi connectivity index (χ4v) is 2.86. The van der Waals surface area contributed by atoms with Gasteiger partial charge in [-0.25, -0.2) is 4.98 Å². The molecule has 0 fully saturated rings. The van der Waals surface area contributed by atoms with Crippen molar-refractivity contribution in [1.29, 1.82) is 0 Å². The molecule has 0 saturated carbocycles. The van der Waals surface area contributed by atoms with Gasteiger partial charge in [-0.05, 0) is 31.3 Å². The summed E-state index contributed by atoms with van der Waals surface area (Å²) in [6.07, 6.45) is 1.67. The maximum atomic E-state index is 5.70. The first kappa shape index (κ1) is 14.8. The summed E-state index contributed by atoms with van der Waals surface area (Å²) in [6, 6.07) is 13.7. The highest BCUT2D eigenvalue weighted by Gasteiger charge is 2.09. The van der Waals surface area contributed by atoms with Crippen LogP contribution < -0.4 is 4.74 Å². The highest BCUT2D eigenvalue weighted by atomic mass is 32.1. The van der Waals surface area contributed by atoms with Crippen LogP contribution in [0.3, 0.4) is 0 Å². The third-order valence-electron chi connectivity index (χ3n) is 3.20. The Morgan fingerprint density at radius 3 is 2.82 bits per heavy atom. The molecule has 0 atom stereocenters. The maximum absolute atomic E-state index is 5.70. The average Bonchev–Trinajstić information content (AvgIpc) is 3.19. The van der Waals surface area contributed by atoms with E-state index in [0.29, 0.717) is 6.61 Å². The van der Waals surface area contributed by atoms with Crippen molar-refractivity contribution in [3.63, 3.8) is 0 Å². The van der Waals surface area contributed by atoms with Crippen LogP contribution in [-0.2, 0) is 6.54 Å². The summed E-state index contributed by atoms with van der Waals surface area (Å²) in [5, 5.41) is 3.00. The second kappa shape index (κ2) is 7.24. The minimum atomic E-state index is 0.662. The first-order valence-electron chi connectivity index (χ1n) is 7.16. The zero-order valence-electron chi connectivity index (χ0n) is 12.4. The van der Waals surface area contributed by atoms with Gasteiger partial charge in [0.05, 0.1) is 12.0 Å². The Balaban J connectivity index is 1.46. The fourth-order valence-electron chi connectivity index (χ4n) is 2.08. The van der Waals surface area contributed by atoms with E-state index in [9.17, 15) is 0 Å². The maximum Gasteiger partial charge on any atom is 0.162 e. The lowest BCUT2D eigenvalue weighted by molar-refractivity contribution is 0.231. The highest BCUT2D eigenvalue weighted by molar-refractivity contribution is 7.13. The molecule has 2 aromatic heterocycles. The predicted molar refractivity (Wildman–Crippen MR) is 88.1 cm³/mol. The Labute approximate surface area is 134 Å². The number of nitrogens with zero attached hydrogens (tertiary/aromatic N) is 2. The minimum Gasteiger partial charge on any atom is -0.492 e. The van der Waals surface area contributed by atoms with Crippen LogP contribution in [0, 0.1) is 0 Å². The molecule has 114 valence electrons. The van der Waals surface area contributed by atoms with Gasteiger partial charge >= 0.3 is 0 Å². The Hall–Kier alpha value is -2.11. The van der Waals surface area contributed by atoms with Crippen LogP contribution in [0.15, 0.2) is 58.5 Å². The largest absolute Gasteiger partial charge is 0.492 e. The van der Waals surface area contributed by atoms with Crippen molar-refractivity contribution in [3.05, 3.63) is 59.8 Å². The molecule has 0 bridgehead atoms. The number of rotatable bonds is 7. The molecule has 22 heavy (non-hydrogen) atoms. The molecular weight excluding hydrogens is 296 g/mol. The minimum absolute atomic E-state index is 0.662. The summed E-state index contributed by atoms with van der Waals surface area (Å²) in [5.41, 5.74) is 1.05. The zero-order valence-corrected chi connectivity index (χ0v) is 13.3. The number of aromatic nitrogens is 1. The van der Waals surface area contributed by atoms with Crippen LogP contribution >= 0.6 is 11.3 Å². The van der Waals surface area contributed by atoms with Crippen molar-refractivity contribution in [3.8, 4) is 16.5 Å². The standard InChI is InChI=1S/C17H18N2O2S/c1-19(9-11-20-15-6-3-2-4-7-15)12-14-13-22-17(18-14)16-8-5-10-21-16/h2-8,10,13H,9,11-12H2,1H3. The normalized spacial score (nSPS) is 11.0. The van der Waals surface area contributed by atoms with Gasteiger partial charge in [-0.2, -0.15) is 0 Å². The molecular formula is C17H18N2O2S. The molecule has 0 aliphatic carbocycles. The molecule has 0 unspecified atom stereocenters. The zero-order chi connectivity index (χ0) is 15.2. The summed E-state index contributed by atoms with van der Waals surface area (Å²) >= 11 is 1.61. The molecule has 2 heterocycles. The van der Waals surface area contributed by atoms with E-state index in [-0.39, 0.29) is 0 Å². The SMILES string of the molecule is CN(CCOc1ccccc1)Cc1csc(-c2ccco2)n1. The summed E-state index contributed by atoms with van der Waals surface area (Å²) < 4.78 is 11.1. The Morgan fingerprint density at radius 2 is 2.05 bits per heavy atom. The van der Waals surface area contributed by atoms with Crippen molar-refractivity contribution in [1.82, 2.24) is 9.88 Å². The summed E-state index contributed by atoms with van der Waals surface area (Å²) in [7, 11) is 2.07. The van der Waals surface area contributed by atoms with E-state index in [0.717, 1.165) is 35.3 Å². The average molecular weight is 314 g/mol. The van der Waals surface area contributed by atoms with Gasteiger partial charge < -0.3 is 9.15 Å². The molecule has 0 spiro atoms. The number of furan rings is 1. The molecule has 3 rings (SSSR count). The second-order valence-electron chi connectivity index (χ2n) is 5.02. The molecule has 5 heteroatoms. The Bertz CT molecular complexity index is 680. The monoisotopic (exact) mass is 314 g/mol. The number of hydrogen-bond donors (Lipinski definition) is 0. The van der Waals surface area contributed by atoms with Gasteiger partial charge in [0.1, 0.15) is 12.4 Å². The number of hydrogen-bond acceptors (Lipinski definition) is 5. The van der Waals surface area contributed by atoms with E-state index < -0.39 is 0 Å². The summed E-state index contributed by atoms with van der Waals surface area (Å²) in [4.78, 5) is 6.80. The van der Waals surface area contributed by atoms with Gasteiger partial charge in [0.25, 0.3) is 0 Å². The third kappa shape index (κ3) is 3.96. The van der Waals surface area contributed by atoms with E-state index in [1.807, 2.05) is 42.5 Å². The molecule has 3 aromatic rings. The number of ether oxygens (including phenoxy) is 1. The van der Waals surface area contributed by atoms with Crippen LogP contribution in [0.4, 0.5) is 0 Å². The Kier molecular flexibility index (Phi) is 4.88. The lowest BCUT2D eigenvalue weighted by atomic mass is 10.3. The van der Waals surface area contributed by atoms with E-state index in [4.69, 9.17) is 9.15 Å². The fraction of sp³-hybridized carbons (Fsp3) is 0.235. The van der Waals surface area contributed by atoms with E-state index in [1.54, 1.807) is 17.6 Å². The number of likely N-dealkylation sites (N-methyl/N-ethyl adjacent to an activating group) is 1.